The lowest BCUT2D eigenvalue weighted by atomic mass is 9.92. The molecular formula is C10H9BrF3N. The summed E-state index contributed by atoms with van der Waals surface area (Å²) in [5.41, 5.74) is 0.161. The van der Waals surface area contributed by atoms with Gasteiger partial charge in [0.15, 0.2) is 0 Å². The van der Waals surface area contributed by atoms with E-state index in [9.17, 15) is 13.2 Å². The Kier molecular flexibility index (Phi) is 2.77. The van der Waals surface area contributed by atoms with E-state index in [0.717, 1.165) is 24.7 Å². The standard InChI is InChI=1S/C10H9BrF3N/c11-9-2-6(7-4-15-5-7)1-8(3-9)10(12,13)14/h1-3,7,15H,4-5H2. The van der Waals surface area contributed by atoms with Crippen molar-refractivity contribution in [3.05, 3.63) is 33.8 Å². The average molecular weight is 280 g/mol. The fourth-order valence-electron chi connectivity index (χ4n) is 1.54. The summed E-state index contributed by atoms with van der Waals surface area (Å²) < 4.78 is 38.0. The molecule has 1 aliphatic rings. The first-order valence-electron chi connectivity index (χ1n) is 4.55. The summed E-state index contributed by atoms with van der Waals surface area (Å²) in [6, 6.07) is 4.09. The lowest BCUT2D eigenvalue weighted by Gasteiger charge is -2.28. The Balaban J connectivity index is 2.36. The van der Waals surface area contributed by atoms with E-state index in [1.807, 2.05) is 0 Å². The van der Waals surface area contributed by atoms with E-state index < -0.39 is 11.7 Å². The summed E-state index contributed by atoms with van der Waals surface area (Å²) in [7, 11) is 0. The number of benzene rings is 1. The van der Waals surface area contributed by atoms with Crippen LogP contribution in [0.25, 0.3) is 0 Å². The highest BCUT2D eigenvalue weighted by Gasteiger charge is 2.32. The van der Waals surface area contributed by atoms with E-state index >= 15 is 0 Å². The second-order valence-corrected chi connectivity index (χ2v) is 4.54. The van der Waals surface area contributed by atoms with E-state index in [1.54, 1.807) is 6.07 Å². The third-order valence-electron chi connectivity index (χ3n) is 2.50. The number of hydrogen-bond acceptors (Lipinski definition) is 1. The largest absolute Gasteiger partial charge is 0.416 e. The lowest BCUT2D eigenvalue weighted by molar-refractivity contribution is -0.137. The third kappa shape index (κ3) is 2.34. The zero-order chi connectivity index (χ0) is 11.1. The van der Waals surface area contributed by atoms with Crippen molar-refractivity contribution in [3.8, 4) is 0 Å². The van der Waals surface area contributed by atoms with Crippen LogP contribution >= 0.6 is 15.9 Å². The molecule has 5 heteroatoms. The Morgan fingerprint density at radius 2 is 1.87 bits per heavy atom. The number of rotatable bonds is 1. The number of hydrogen-bond donors (Lipinski definition) is 1. The van der Waals surface area contributed by atoms with Gasteiger partial charge in [0, 0.05) is 23.5 Å². The molecule has 1 heterocycles. The molecule has 0 amide bonds. The van der Waals surface area contributed by atoms with Crippen LogP contribution < -0.4 is 5.32 Å². The predicted molar refractivity (Wildman–Crippen MR) is 54.8 cm³/mol. The van der Waals surface area contributed by atoms with Crippen molar-refractivity contribution in [1.82, 2.24) is 5.32 Å². The number of nitrogens with one attached hydrogen (secondary N) is 1. The lowest BCUT2D eigenvalue weighted by Crippen LogP contribution is -2.39. The SMILES string of the molecule is FC(F)(F)c1cc(Br)cc(C2CNC2)c1. The van der Waals surface area contributed by atoms with Crippen molar-refractivity contribution in [3.63, 3.8) is 0 Å². The van der Waals surface area contributed by atoms with Gasteiger partial charge in [-0.05, 0) is 23.8 Å². The molecule has 1 nitrogen and oxygen atoms in total. The topological polar surface area (TPSA) is 12.0 Å². The van der Waals surface area contributed by atoms with Crippen LogP contribution in [-0.2, 0) is 6.18 Å². The molecule has 1 N–H and O–H groups in total. The molecule has 1 aromatic rings. The molecule has 1 aliphatic heterocycles. The van der Waals surface area contributed by atoms with Crippen LogP contribution in [0.1, 0.15) is 17.0 Å². The summed E-state index contributed by atoms with van der Waals surface area (Å²) in [4.78, 5) is 0. The summed E-state index contributed by atoms with van der Waals surface area (Å²) in [5.74, 6) is 0.212. The second-order valence-electron chi connectivity index (χ2n) is 3.63. The minimum Gasteiger partial charge on any atom is -0.315 e. The van der Waals surface area contributed by atoms with E-state index in [1.165, 1.54) is 6.07 Å². The van der Waals surface area contributed by atoms with E-state index in [2.05, 4.69) is 21.2 Å². The van der Waals surface area contributed by atoms with Crippen LogP contribution in [0, 0.1) is 0 Å². The highest BCUT2D eigenvalue weighted by atomic mass is 79.9. The van der Waals surface area contributed by atoms with Gasteiger partial charge in [0.25, 0.3) is 0 Å². The van der Waals surface area contributed by atoms with Gasteiger partial charge in [0.05, 0.1) is 5.56 Å². The van der Waals surface area contributed by atoms with Crippen molar-refractivity contribution in [2.45, 2.75) is 12.1 Å². The molecule has 0 bridgehead atoms. The van der Waals surface area contributed by atoms with E-state index in [-0.39, 0.29) is 5.92 Å². The zero-order valence-electron chi connectivity index (χ0n) is 7.74. The average Bonchev–Trinajstić information content (AvgIpc) is 1.97. The maximum atomic E-state index is 12.5. The van der Waals surface area contributed by atoms with Crippen molar-refractivity contribution >= 4 is 15.9 Å². The number of alkyl halides is 3. The summed E-state index contributed by atoms with van der Waals surface area (Å²) >= 11 is 3.11. The second kappa shape index (κ2) is 3.79. The Hall–Kier alpha value is -0.550. The number of halogens is 4. The van der Waals surface area contributed by atoms with Crippen LogP contribution in [0.5, 0.6) is 0 Å². The monoisotopic (exact) mass is 279 g/mol. The fraction of sp³-hybridized carbons (Fsp3) is 0.400. The molecule has 0 atom stereocenters. The molecular weight excluding hydrogens is 271 g/mol. The Bertz CT molecular complexity index is 371. The van der Waals surface area contributed by atoms with Crippen LogP contribution in [0.2, 0.25) is 0 Å². The van der Waals surface area contributed by atoms with Gasteiger partial charge in [-0.1, -0.05) is 15.9 Å². The smallest absolute Gasteiger partial charge is 0.315 e. The van der Waals surface area contributed by atoms with Crippen LogP contribution in [-0.4, -0.2) is 13.1 Å². The van der Waals surface area contributed by atoms with Gasteiger partial charge in [-0.25, -0.2) is 0 Å². The molecule has 0 saturated carbocycles. The van der Waals surface area contributed by atoms with Gasteiger partial charge in [-0.2, -0.15) is 13.2 Å². The third-order valence-corrected chi connectivity index (χ3v) is 2.96. The molecule has 1 fully saturated rings. The van der Waals surface area contributed by atoms with E-state index in [0.29, 0.717) is 4.47 Å². The molecule has 82 valence electrons. The van der Waals surface area contributed by atoms with Crippen molar-refractivity contribution in [1.29, 1.82) is 0 Å². The maximum absolute atomic E-state index is 12.5. The first-order chi connectivity index (χ1) is 6.97. The van der Waals surface area contributed by atoms with E-state index in [4.69, 9.17) is 0 Å². The van der Waals surface area contributed by atoms with Gasteiger partial charge < -0.3 is 5.32 Å². The van der Waals surface area contributed by atoms with Gasteiger partial charge in [0.1, 0.15) is 0 Å². The van der Waals surface area contributed by atoms with Gasteiger partial charge in [0.2, 0.25) is 0 Å². The molecule has 0 unspecified atom stereocenters. The molecule has 0 aromatic heterocycles. The fourth-order valence-corrected chi connectivity index (χ4v) is 2.05. The first-order valence-corrected chi connectivity index (χ1v) is 5.34. The van der Waals surface area contributed by atoms with Crippen LogP contribution in [0.15, 0.2) is 22.7 Å². The Morgan fingerprint density at radius 1 is 1.20 bits per heavy atom. The predicted octanol–water partition coefficient (Wildman–Crippen LogP) is 3.15. The quantitative estimate of drug-likeness (QED) is 0.833. The molecule has 2 rings (SSSR count). The van der Waals surface area contributed by atoms with Gasteiger partial charge in [-0.3, -0.25) is 0 Å². The maximum Gasteiger partial charge on any atom is 0.416 e. The summed E-state index contributed by atoms with van der Waals surface area (Å²) in [6.45, 7) is 1.52. The minimum absolute atomic E-state index is 0.212. The highest BCUT2D eigenvalue weighted by Crippen LogP contribution is 2.34. The summed E-state index contributed by atoms with van der Waals surface area (Å²) in [6.07, 6.45) is -4.27. The summed E-state index contributed by atoms with van der Waals surface area (Å²) in [5, 5.41) is 3.04. The first kappa shape index (κ1) is 11.0. The molecule has 15 heavy (non-hydrogen) atoms. The Labute approximate surface area is 93.8 Å². The molecule has 1 saturated heterocycles. The van der Waals surface area contributed by atoms with Crippen molar-refractivity contribution < 1.29 is 13.2 Å². The molecule has 1 aromatic carbocycles. The highest BCUT2D eigenvalue weighted by molar-refractivity contribution is 9.10. The molecule has 0 aliphatic carbocycles. The van der Waals surface area contributed by atoms with Crippen LogP contribution in [0.3, 0.4) is 0 Å². The van der Waals surface area contributed by atoms with Crippen molar-refractivity contribution in [2.75, 3.05) is 13.1 Å². The van der Waals surface area contributed by atoms with Gasteiger partial charge in [-0.15, -0.1) is 0 Å². The molecule has 0 spiro atoms. The van der Waals surface area contributed by atoms with Crippen LogP contribution in [0.4, 0.5) is 13.2 Å². The Morgan fingerprint density at radius 3 is 2.33 bits per heavy atom. The van der Waals surface area contributed by atoms with Gasteiger partial charge >= 0.3 is 6.18 Å². The molecule has 0 radical (unpaired) electrons. The van der Waals surface area contributed by atoms with Crippen molar-refractivity contribution in [2.24, 2.45) is 0 Å². The zero-order valence-corrected chi connectivity index (χ0v) is 9.32. The normalized spacial score (nSPS) is 17.6. The minimum atomic E-state index is -4.27.